The molecule has 240 valence electrons. The summed E-state index contributed by atoms with van der Waals surface area (Å²) in [6.45, 7) is 10.6. The maximum absolute atomic E-state index is 13.5. The molecule has 4 bridgehead atoms. The number of aromatic nitrogens is 3. The second kappa shape index (κ2) is 12.3. The number of rotatable bonds is 3. The van der Waals surface area contributed by atoms with E-state index in [9.17, 15) is 13.2 Å². The second-order valence-electron chi connectivity index (χ2n) is 12.9. The molecule has 0 spiro atoms. The number of pyridine rings is 1. The van der Waals surface area contributed by atoms with Crippen molar-refractivity contribution >= 4 is 21.9 Å². The summed E-state index contributed by atoms with van der Waals surface area (Å²) in [4.78, 5) is 28.8. The van der Waals surface area contributed by atoms with Gasteiger partial charge in [0.15, 0.2) is 6.10 Å². The number of carbonyl (C=O) groups excluding carboxylic acids is 1. The molecule has 5 aromatic rings. The third-order valence-electron chi connectivity index (χ3n) is 8.31. The molecule has 1 aliphatic rings. The number of anilines is 1. The van der Waals surface area contributed by atoms with Crippen molar-refractivity contribution in [1.82, 2.24) is 19.9 Å². The predicted molar refractivity (Wildman–Crippen MR) is 183 cm³/mol. The Bertz CT molecular complexity index is 2050. The highest BCUT2D eigenvalue weighted by atomic mass is 32.2. The Morgan fingerprint density at radius 1 is 0.851 bits per heavy atom. The number of carbonyl (C=O) groups is 1. The zero-order valence-electron chi connectivity index (χ0n) is 27.3. The van der Waals surface area contributed by atoms with Crippen molar-refractivity contribution in [1.29, 1.82) is 0 Å². The minimum Gasteiger partial charge on any atom is -0.466 e. The van der Waals surface area contributed by atoms with Crippen LogP contribution in [0.5, 0.6) is 5.88 Å². The van der Waals surface area contributed by atoms with Crippen LogP contribution in [0.3, 0.4) is 0 Å². The molecular formula is C37H37N5O4S. The summed E-state index contributed by atoms with van der Waals surface area (Å²) in [5.74, 6) is -0.375. The van der Waals surface area contributed by atoms with Gasteiger partial charge in [-0.3, -0.25) is 9.78 Å². The normalized spacial score (nSPS) is 16.3. The van der Waals surface area contributed by atoms with Gasteiger partial charge < -0.3 is 9.64 Å². The summed E-state index contributed by atoms with van der Waals surface area (Å²) < 4.78 is 36.0. The molecule has 1 aliphatic heterocycles. The summed E-state index contributed by atoms with van der Waals surface area (Å²) in [6, 6.07) is 25.8. The smallest absolute Gasteiger partial charge is 0.264 e. The third kappa shape index (κ3) is 6.73. The van der Waals surface area contributed by atoms with Crippen LogP contribution in [0.1, 0.15) is 59.6 Å². The maximum atomic E-state index is 13.5. The fraction of sp³-hybridized carbons (Fsp3) is 0.243. The number of ether oxygens (including phenoxy) is 1. The molecule has 9 nitrogen and oxygen atoms in total. The summed E-state index contributed by atoms with van der Waals surface area (Å²) in [5.41, 5.74) is 7.33. The Kier molecular flexibility index (Phi) is 8.31. The van der Waals surface area contributed by atoms with Crippen LogP contribution in [-0.2, 0) is 15.4 Å². The van der Waals surface area contributed by atoms with Crippen LogP contribution in [-0.4, -0.2) is 47.8 Å². The van der Waals surface area contributed by atoms with Gasteiger partial charge >= 0.3 is 0 Å². The lowest BCUT2D eigenvalue weighted by molar-refractivity contribution is 0.0702. The van der Waals surface area contributed by atoms with Gasteiger partial charge in [0.1, 0.15) is 0 Å². The van der Waals surface area contributed by atoms with Gasteiger partial charge in [0, 0.05) is 36.0 Å². The molecule has 10 heteroatoms. The molecule has 1 amide bonds. The molecule has 47 heavy (non-hydrogen) atoms. The van der Waals surface area contributed by atoms with Gasteiger partial charge in [-0.05, 0) is 65.8 Å². The number of aryl methyl sites for hydroxylation is 2. The first-order chi connectivity index (χ1) is 22.3. The van der Waals surface area contributed by atoms with Crippen molar-refractivity contribution in [2.75, 3.05) is 18.3 Å². The van der Waals surface area contributed by atoms with Gasteiger partial charge in [0.05, 0.1) is 22.8 Å². The highest BCUT2D eigenvalue weighted by Crippen LogP contribution is 2.32. The van der Waals surface area contributed by atoms with E-state index >= 15 is 0 Å². The zero-order chi connectivity index (χ0) is 33.5. The molecule has 0 saturated heterocycles. The minimum absolute atomic E-state index is 0.0494. The minimum atomic E-state index is -4.14. The van der Waals surface area contributed by atoms with Crippen LogP contribution >= 0.6 is 0 Å². The topological polar surface area (TPSA) is 114 Å². The molecule has 3 heterocycles. The number of benzene rings is 3. The van der Waals surface area contributed by atoms with Crippen molar-refractivity contribution in [3.05, 3.63) is 119 Å². The van der Waals surface area contributed by atoms with Crippen LogP contribution in [0, 0.1) is 13.8 Å². The Morgan fingerprint density at radius 3 is 2.19 bits per heavy atom. The zero-order valence-corrected chi connectivity index (χ0v) is 28.1. The van der Waals surface area contributed by atoms with Gasteiger partial charge in [-0.2, -0.15) is 4.98 Å². The standard InChI is InChI=1S/C37H37N5O4S/c1-23-9-7-10-24(2)34(23)31-20-33-40-36(39-31)41-47(44,45)29-12-8-11-26(19-29)35(43)42(6)22-32(46-33)30-18-15-27(21-38-30)25-13-16-28(17-14-25)37(3,4)5/h7-21,32H,22H2,1-6H3,(H,39,40,41)/t32-/m1/s1. The number of fused-ring (bicyclic) bond motifs is 4. The molecule has 0 aliphatic carbocycles. The van der Waals surface area contributed by atoms with Crippen molar-refractivity contribution in [2.24, 2.45) is 0 Å². The first-order valence-corrected chi connectivity index (χ1v) is 16.8. The highest BCUT2D eigenvalue weighted by molar-refractivity contribution is 7.92. The fourth-order valence-corrected chi connectivity index (χ4v) is 6.66. The van der Waals surface area contributed by atoms with Crippen LogP contribution in [0.4, 0.5) is 5.95 Å². The maximum Gasteiger partial charge on any atom is 0.264 e. The van der Waals surface area contributed by atoms with Crippen molar-refractivity contribution in [2.45, 2.75) is 51.0 Å². The number of nitrogens with one attached hydrogen (secondary N) is 1. The quantitative estimate of drug-likeness (QED) is 0.222. The summed E-state index contributed by atoms with van der Waals surface area (Å²) >= 11 is 0. The Labute approximate surface area is 275 Å². The van der Waals surface area contributed by atoms with Gasteiger partial charge in [-0.15, -0.1) is 0 Å². The number of nitrogens with zero attached hydrogens (tertiary/aromatic N) is 4. The van der Waals surface area contributed by atoms with Crippen LogP contribution in [0.15, 0.2) is 96.0 Å². The molecule has 2 aromatic heterocycles. The first-order valence-electron chi connectivity index (χ1n) is 15.4. The molecular weight excluding hydrogens is 611 g/mol. The average Bonchev–Trinajstić information content (AvgIpc) is 3.03. The van der Waals surface area contributed by atoms with Crippen LogP contribution < -0.4 is 9.46 Å². The lowest BCUT2D eigenvalue weighted by Gasteiger charge is -2.25. The SMILES string of the molecule is Cc1cccc(C)c1-c1cc2nc(n1)NS(=O)(=O)c1cccc(c1)C(=O)N(C)C[C@H](c1ccc(-c3ccc(C(C)(C)C)cc3)cn1)O2. The molecule has 0 unspecified atom stereocenters. The Hall–Kier alpha value is -5.09. The van der Waals surface area contributed by atoms with Crippen LogP contribution in [0.25, 0.3) is 22.4 Å². The van der Waals surface area contributed by atoms with E-state index in [0.29, 0.717) is 11.4 Å². The number of sulfonamides is 1. The number of hydrogen-bond acceptors (Lipinski definition) is 7. The van der Waals surface area contributed by atoms with Crippen LogP contribution in [0.2, 0.25) is 0 Å². The average molecular weight is 648 g/mol. The third-order valence-corrected chi connectivity index (χ3v) is 9.63. The summed E-state index contributed by atoms with van der Waals surface area (Å²) in [6.07, 6.45) is 1.05. The van der Waals surface area contributed by atoms with E-state index < -0.39 is 16.1 Å². The van der Waals surface area contributed by atoms with Crippen molar-refractivity contribution in [3.8, 4) is 28.3 Å². The summed E-state index contributed by atoms with van der Waals surface area (Å²) in [5, 5.41) is 0. The van der Waals surface area contributed by atoms with Crippen molar-refractivity contribution in [3.63, 3.8) is 0 Å². The highest BCUT2D eigenvalue weighted by Gasteiger charge is 2.26. The van der Waals surface area contributed by atoms with E-state index in [4.69, 9.17) is 9.72 Å². The van der Waals surface area contributed by atoms with Gasteiger partial charge in [0.25, 0.3) is 15.9 Å². The van der Waals surface area contributed by atoms with Crippen molar-refractivity contribution < 1.29 is 17.9 Å². The first kappa shape index (κ1) is 31.9. The predicted octanol–water partition coefficient (Wildman–Crippen LogP) is 7.13. The van der Waals surface area contributed by atoms with E-state index in [1.54, 1.807) is 25.4 Å². The monoisotopic (exact) mass is 647 g/mol. The second-order valence-corrected chi connectivity index (χ2v) is 14.6. The van der Waals surface area contributed by atoms with Gasteiger partial charge in [-0.25, -0.2) is 18.1 Å². The molecule has 1 N–H and O–H groups in total. The lowest BCUT2D eigenvalue weighted by Crippen LogP contribution is -2.33. The molecule has 0 saturated carbocycles. The fourth-order valence-electron chi connectivity index (χ4n) is 5.67. The number of hydrogen-bond donors (Lipinski definition) is 1. The molecule has 1 atom stereocenters. The van der Waals surface area contributed by atoms with Gasteiger partial charge in [-0.1, -0.05) is 75.4 Å². The summed E-state index contributed by atoms with van der Waals surface area (Å²) in [7, 11) is -2.49. The molecule has 6 rings (SSSR count). The molecule has 0 fully saturated rings. The molecule has 3 aromatic carbocycles. The Balaban J connectivity index is 1.44. The van der Waals surface area contributed by atoms with E-state index in [1.165, 1.54) is 28.7 Å². The largest absolute Gasteiger partial charge is 0.466 e. The number of amides is 1. The van der Waals surface area contributed by atoms with Gasteiger partial charge in [0.2, 0.25) is 11.8 Å². The number of likely N-dealkylation sites (N-methyl/N-ethyl adjacent to an activating group) is 1. The van der Waals surface area contributed by atoms with E-state index in [2.05, 4.69) is 59.7 Å². The van der Waals surface area contributed by atoms with E-state index in [1.807, 2.05) is 44.2 Å². The lowest BCUT2D eigenvalue weighted by atomic mass is 9.86. The van der Waals surface area contributed by atoms with E-state index in [0.717, 1.165) is 27.8 Å². The molecule has 0 radical (unpaired) electrons. The Morgan fingerprint density at radius 2 is 1.53 bits per heavy atom. The van der Waals surface area contributed by atoms with E-state index in [-0.39, 0.29) is 40.2 Å².